The van der Waals surface area contributed by atoms with Gasteiger partial charge in [-0.15, -0.1) is 0 Å². The van der Waals surface area contributed by atoms with E-state index < -0.39 is 0 Å². The number of aromatic nitrogens is 1. The van der Waals surface area contributed by atoms with Crippen LogP contribution in [0.3, 0.4) is 0 Å². The minimum atomic E-state index is -0.310. The van der Waals surface area contributed by atoms with Crippen LogP contribution < -0.4 is 4.74 Å². The van der Waals surface area contributed by atoms with Gasteiger partial charge in [0.05, 0.1) is 25.3 Å². The lowest BCUT2D eigenvalue weighted by Gasteiger charge is -2.27. The number of pyridine rings is 1. The fourth-order valence-corrected chi connectivity index (χ4v) is 3.70. The van der Waals surface area contributed by atoms with E-state index in [4.69, 9.17) is 4.74 Å². The molecule has 0 radical (unpaired) electrons. The molecule has 154 valence electrons. The Bertz CT molecular complexity index is 838. The number of carbonyl (C=O) groups is 2. The van der Waals surface area contributed by atoms with Crippen LogP contribution in [0.4, 0.5) is 0 Å². The van der Waals surface area contributed by atoms with Crippen LogP contribution in [0.2, 0.25) is 0 Å². The highest BCUT2D eigenvalue weighted by Gasteiger charge is 2.36. The van der Waals surface area contributed by atoms with Crippen molar-refractivity contribution in [2.75, 3.05) is 20.2 Å². The van der Waals surface area contributed by atoms with Crippen LogP contribution in [-0.2, 0) is 22.7 Å². The molecule has 1 aromatic carbocycles. The van der Waals surface area contributed by atoms with Crippen LogP contribution in [0, 0.1) is 11.8 Å². The second-order valence-electron chi connectivity index (χ2n) is 7.96. The van der Waals surface area contributed by atoms with Crippen LogP contribution in [0.15, 0.2) is 48.7 Å². The molecule has 0 N–H and O–H groups in total. The first-order chi connectivity index (χ1) is 14.0. The number of nitrogens with zero attached hydrogens (tertiary/aromatic N) is 3. The van der Waals surface area contributed by atoms with E-state index in [2.05, 4.69) is 18.8 Å². The molecule has 2 amide bonds. The van der Waals surface area contributed by atoms with Gasteiger partial charge in [0.1, 0.15) is 5.75 Å². The first kappa shape index (κ1) is 20.8. The van der Waals surface area contributed by atoms with Crippen molar-refractivity contribution in [2.24, 2.45) is 11.8 Å². The van der Waals surface area contributed by atoms with Crippen LogP contribution >= 0.6 is 0 Å². The van der Waals surface area contributed by atoms with Crippen LogP contribution in [-0.4, -0.2) is 46.8 Å². The quantitative estimate of drug-likeness (QED) is 0.689. The maximum atomic E-state index is 13.3. The number of hydrogen-bond acceptors (Lipinski definition) is 4. The van der Waals surface area contributed by atoms with Gasteiger partial charge in [-0.3, -0.25) is 14.6 Å². The zero-order valence-electron chi connectivity index (χ0n) is 17.4. The number of hydrogen-bond donors (Lipinski definition) is 0. The molecule has 1 aromatic heterocycles. The fraction of sp³-hybridized carbons (Fsp3) is 0.435. The van der Waals surface area contributed by atoms with Crippen molar-refractivity contribution in [2.45, 2.75) is 33.4 Å². The predicted molar refractivity (Wildman–Crippen MR) is 111 cm³/mol. The molecular formula is C23H29N3O3. The van der Waals surface area contributed by atoms with Gasteiger partial charge in [0.2, 0.25) is 11.8 Å². The zero-order chi connectivity index (χ0) is 20.8. The Balaban J connectivity index is 1.69. The van der Waals surface area contributed by atoms with Crippen molar-refractivity contribution >= 4 is 11.8 Å². The van der Waals surface area contributed by atoms with Gasteiger partial charge in [0.25, 0.3) is 0 Å². The summed E-state index contributed by atoms with van der Waals surface area (Å²) in [4.78, 5) is 33.7. The van der Waals surface area contributed by atoms with Gasteiger partial charge < -0.3 is 14.5 Å². The molecule has 3 rings (SSSR count). The molecule has 0 bridgehead atoms. The fourth-order valence-electron chi connectivity index (χ4n) is 3.70. The Hall–Kier alpha value is -2.89. The summed E-state index contributed by atoms with van der Waals surface area (Å²) in [7, 11) is 1.64. The van der Waals surface area contributed by atoms with E-state index in [1.54, 1.807) is 18.2 Å². The smallest absolute Gasteiger partial charge is 0.228 e. The Labute approximate surface area is 172 Å². The summed E-state index contributed by atoms with van der Waals surface area (Å²) in [6.45, 7) is 6.25. The van der Waals surface area contributed by atoms with E-state index in [-0.39, 0.29) is 24.2 Å². The van der Waals surface area contributed by atoms with E-state index >= 15 is 0 Å². The number of likely N-dealkylation sites (tertiary alicyclic amines) is 1. The monoisotopic (exact) mass is 395 g/mol. The highest BCUT2D eigenvalue weighted by Crippen LogP contribution is 2.24. The Morgan fingerprint density at radius 3 is 2.79 bits per heavy atom. The molecule has 0 unspecified atom stereocenters. The minimum Gasteiger partial charge on any atom is -0.497 e. The highest BCUT2D eigenvalue weighted by atomic mass is 16.5. The van der Waals surface area contributed by atoms with Gasteiger partial charge in [-0.1, -0.05) is 32.0 Å². The first-order valence-electron chi connectivity index (χ1n) is 10.1. The van der Waals surface area contributed by atoms with Gasteiger partial charge >= 0.3 is 0 Å². The molecule has 1 atom stereocenters. The largest absolute Gasteiger partial charge is 0.497 e. The summed E-state index contributed by atoms with van der Waals surface area (Å²) in [6.07, 6.45) is 1.98. The number of ether oxygens (including phenoxy) is 1. The highest BCUT2D eigenvalue weighted by molar-refractivity contribution is 5.89. The molecule has 1 aliphatic rings. The minimum absolute atomic E-state index is 0.0138. The number of benzene rings is 1. The van der Waals surface area contributed by atoms with Crippen molar-refractivity contribution < 1.29 is 14.3 Å². The van der Waals surface area contributed by atoms with Crippen LogP contribution in [0.1, 0.15) is 31.5 Å². The lowest BCUT2D eigenvalue weighted by atomic mass is 10.0. The third kappa shape index (κ3) is 5.56. The number of carbonyl (C=O) groups excluding carboxylic acids is 2. The number of amides is 2. The Morgan fingerprint density at radius 1 is 1.28 bits per heavy atom. The predicted octanol–water partition coefficient (Wildman–Crippen LogP) is 3.12. The summed E-state index contributed by atoms with van der Waals surface area (Å²) >= 11 is 0. The standard InChI is InChI=1S/C23H29N3O3/c1-17(2)13-26(14-18-7-6-9-21(11-18)29-3)23(28)19-12-22(27)25(15-19)16-20-8-4-5-10-24-20/h4-11,17,19H,12-16H2,1-3H3/t19-/m1/s1. The molecule has 1 fully saturated rings. The Kier molecular flexibility index (Phi) is 6.86. The molecule has 1 saturated heterocycles. The molecule has 0 saturated carbocycles. The van der Waals surface area contributed by atoms with Gasteiger partial charge in [0, 0.05) is 32.3 Å². The average Bonchev–Trinajstić information content (AvgIpc) is 3.08. The van der Waals surface area contributed by atoms with E-state index in [1.165, 1.54) is 0 Å². The maximum Gasteiger partial charge on any atom is 0.228 e. The molecule has 1 aliphatic heterocycles. The molecule has 0 aliphatic carbocycles. The summed E-state index contributed by atoms with van der Waals surface area (Å²) in [5, 5.41) is 0. The molecule has 6 heteroatoms. The van der Waals surface area contributed by atoms with Crippen LogP contribution in [0.5, 0.6) is 5.75 Å². The second kappa shape index (κ2) is 9.54. The lowest BCUT2D eigenvalue weighted by Crippen LogP contribution is -2.39. The normalized spacial score (nSPS) is 16.3. The van der Waals surface area contributed by atoms with Gasteiger partial charge in [-0.2, -0.15) is 0 Å². The molecular weight excluding hydrogens is 366 g/mol. The van der Waals surface area contributed by atoms with Crippen LogP contribution in [0.25, 0.3) is 0 Å². The van der Waals surface area contributed by atoms with Crippen molar-refractivity contribution in [1.82, 2.24) is 14.8 Å². The molecule has 2 heterocycles. The van der Waals surface area contributed by atoms with Crippen molar-refractivity contribution in [3.63, 3.8) is 0 Å². The van der Waals surface area contributed by atoms with Gasteiger partial charge in [-0.25, -0.2) is 0 Å². The first-order valence-corrected chi connectivity index (χ1v) is 10.1. The van der Waals surface area contributed by atoms with Crippen molar-refractivity contribution in [3.05, 3.63) is 59.9 Å². The molecule has 2 aromatic rings. The molecule has 6 nitrogen and oxygen atoms in total. The van der Waals surface area contributed by atoms with Gasteiger partial charge in [0.15, 0.2) is 0 Å². The zero-order valence-corrected chi connectivity index (χ0v) is 17.4. The third-order valence-corrected chi connectivity index (χ3v) is 5.05. The topological polar surface area (TPSA) is 62.7 Å². The Morgan fingerprint density at radius 2 is 2.10 bits per heavy atom. The number of methoxy groups -OCH3 is 1. The molecule has 0 spiro atoms. The maximum absolute atomic E-state index is 13.3. The summed E-state index contributed by atoms with van der Waals surface area (Å²) in [5.74, 6) is 0.858. The lowest BCUT2D eigenvalue weighted by molar-refractivity contribution is -0.137. The second-order valence-corrected chi connectivity index (χ2v) is 7.96. The van der Waals surface area contributed by atoms with E-state index in [9.17, 15) is 9.59 Å². The summed E-state index contributed by atoms with van der Waals surface area (Å²) in [5.41, 5.74) is 1.86. The van der Waals surface area contributed by atoms with E-state index in [1.807, 2.05) is 47.4 Å². The summed E-state index contributed by atoms with van der Waals surface area (Å²) in [6, 6.07) is 13.4. The molecule has 29 heavy (non-hydrogen) atoms. The van der Waals surface area contributed by atoms with Crippen molar-refractivity contribution in [1.29, 1.82) is 0 Å². The summed E-state index contributed by atoms with van der Waals surface area (Å²) < 4.78 is 5.30. The SMILES string of the molecule is COc1cccc(CN(CC(C)C)C(=O)[C@@H]2CC(=O)N(Cc3ccccn3)C2)c1. The average molecular weight is 396 g/mol. The van der Waals surface area contributed by atoms with Crippen molar-refractivity contribution in [3.8, 4) is 5.75 Å². The number of rotatable bonds is 8. The third-order valence-electron chi connectivity index (χ3n) is 5.05. The van der Waals surface area contributed by atoms with Gasteiger partial charge in [-0.05, 0) is 35.7 Å². The van der Waals surface area contributed by atoms with E-state index in [0.717, 1.165) is 17.0 Å². The van der Waals surface area contributed by atoms with E-state index in [0.29, 0.717) is 32.1 Å².